The zero-order valence-corrected chi connectivity index (χ0v) is 22.1. The highest BCUT2D eigenvalue weighted by Gasteiger charge is 2.39. The summed E-state index contributed by atoms with van der Waals surface area (Å²) in [7, 11) is 4.56. The number of ether oxygens (including phenoxy) is 3. The standard InChI is InChI=1S/C26H31Cl2N3O5/c1-34-22-9-15(10-23(35-2)25(22)36-3)26(33)29-17-12-18-5-4-6-19(13-17)31(18)14-24(32)30-21-11-16(27)7-8-20(21)28/h7-11,17-19H,4-6,12-14H2,1-3H3,(H,29,33)(H,30,32). The van der Waals surface area contributed by atoms with Gasteiger partial charge in [-0.15, -0.1) is 0 Å². The SMILES string of the molecule is COc1cc(C(=O)NC2CC3CCCC(C2)N3CC(=O)Nc2cc(Cl)ccc2Cl)cc(OC)c1OC. The van der Waals surface area contributed by atoms with Crippen LogP contribution in [0.3, 0.4) is 0 Å². The molecule has 2 saturated heterocycles. The van der Waals surface area contributed by atoms with E-state index in [0.717, 1.165) is 32.1 Å². The van der Waals surface area contributed by atoms with Crippen molar-refractivity contribution in [3.05, 3.63) is 45.9 Å². The molecule has 194 valence electrons. The van der Waals surface area contributed by atoms with E-state index in [1.54, 1.807) is 30.3 Å². The molecule has 2 N–H and O–H groups in total. The van der Waals surface area contributed by atoms with Gasteiger partial charge < -0.3 is 24.8 Å². The number of carbonyl (C=O) groups is 2. The van der Waals surface area contributed by atoms with E-state index in [9.17, 15) is 9.59 Å². The van der Waals surface area contributed by atoms with E-state index in [1.165, 1.54) is 21.3 Å². The number of rotatable bonds is 8. The summed E-state index contributed by atoms with van der Waals surface area (Å²) in [5.41, 5.74) is 0.946. The smallest absolute Gasteiger partial charge is 0.251 e. The van der Waals surface area contributed by atoms with Gasteiger partial charge in [-0.3, -0.25) is 14.5 Å². The van der Waals surface area contributed by atoms with Crippen molar-refractivity contribution in [2.24, 2.45) is 0 Å². The summed E-state index contributed by atoms with van der Waals surface area (Å²) < 4.78 is 16.1. The van der Waals surface area contributed by atoms with Gasteiger partial charge in [0, 0.05) is 28.7 Å². The van der Waals surface area contributed by atoms with Gasteiger partial charge in [-0.2, -0.15) is 0 Å². The molecule has 36 heavy (non-hydrogen) atoms. The van der Waals surface area contributed by atoms with E-state index in [0.29, 0.717) is 38.5 Å². The minimum atomic E-state index is -0.195. The lowest BCUT2D eigenvalue weighted by atomic mass is 9.81. The van der Waals surface area contributed by atoms with E-state index in [2.05, 4.69) is 15.5 Å². The Morgan fingerprint density at radius 1 is 0.972 bits per heavy atom. The Bertz CT molecular complexity index is 1090. The Morgan fingerprint density at radius 3 is 2.19 bits per heavy atom. The molecule has 2 aromatic carbocycles. The van der Waals surface area contributed by atoms with Crippen LogP contribution in [-0.2, 0) is 4.79 Å². The maximum atomic E-state index is 13.1. The third-order valence-electron chi connectivity index (χ3n) is 6.92. The monoisotopic (exact) mass is 535 g/mol. The normalized spacial score (nSPS) is 21.4. The van der Waals surface area contributed by atoms with Gasteiger partial charge in [0.05, 0.1) is 38.6 Å². The van der Waals surface area contributed by atoms with E-state index in [4.69, 9.17) is 37.4 Å². The molecule has 4 rings (SSSR count). The van der Waals surface area contributed by atoms with E-state index in [1.807, 2.05) is 0 Å². The number of amides is 2. The Labute approximate surface area is 221 Å². The molecule has 0 radical (unpaired) electrons. The highest BCUT2D eigenvalue weighted by Crippen LogP contribution is 2.39. The minimum Gasteiger partial charge on any atom is -0.493 e. The molecule has 0 aromatic heterocycles. The average molecular weight is 536 g/mol. The summed E-state index contributed by atoms with van der Waals surface area (Å²) in [5, 5.41) is 7.02. The van der Waals surface area contributed by atoms with Crippen LogP contribution < -0.4 is 24.8 Å². The summed E-state index contributed by atoms with van der Waals surface area (Å²) in [4.78, 5) is 28.2. The predicted octanol–water partition coefficient (Wildman–Crippen LogP) is 4.77. The first kappa shape index (κ1) is 26.4. The number of fused-ring (bicyclic) bond motifs is 2. The molecular formula is C26H31Cl2N3O5. The van der Waals surface area contributed by atoms with E-state index >= 15 is 0 Å². The third kappa shape index (κ3) is 5.82. The lowest BCUT2D eigenvalue weighted by molar-refractivity contribution is -0.120. The fourth-order valence-corrected chi connectivity index (χ4v) is 5.62. The number of halogens is 2. The van der Waals surface area contributed by atoms with Gasteiger partial charge in [0.25, 0.3) is 5.91 Å². The molecule has 2 unspecified atom stereocenters. The molecule has 2 bridgehead atoms. The van der Waals surface area contributed by atoms with Crippen LogP contribution in [0.5, 0.6) is 17.2 Å². The van der Waals surface area contributed by atoms with Crippen LogP contribution >= 0.6 is 23.2 Å². The fourth-order valence-electron chi connectivity index (χ4n) is 5.28. The molecule has 2 atom stereocenters. The van der Waals surface area contributed by atoms with Gasteiger partial charge >= 0.3 is 0 Å². The largest absolute Gasteiger partial charge is 0.493 e. The molecule has 2 aromatic rings. The van der Waals surface area contributed by atoms with Crippen LogP contribution in [0.15, 0.2) is 30.3 Å². The third-order valence-corrected chi connectivity index (χ3v) is 7.48. The molecule has 0 aliphatic carbocycles. The molecule has 0 spiro atoms. The van der Waals surface area contributed by atoms with Crippen LogP contribution in [0.4, 0.5) is 5.69 Å². The number of hydrogen-bond acceptors (Lipinski definition) is 6. The summed E-state index contributed by atoms with van der Waals surface area (Å²) >= 11 is 12.2. The lowest BCUT2D eigenvalue weighted by Crippen LogP contribution is -2.58. The molecule has 8 nitrogen and oxygen atoms in total. The van der Waals surface area contributed by atoms with Gasteiger partial charge in [0.2, 0.25) is 11.7 Å². The zero-order chi connectivity index (χ0) is 25.8. The van der Waals surface area contributed by atoms with Crippen molar-refractivity contribution in [2.45, 2.75) is 50.2 Å². The Morgan fingerprint density at radius 2 is 1.61 bits per heavy atom. The van der Waals surface area contributed by atoms with Crippen LogP contribution in [0.1, 0.15) is 42.5 Å². The maximum absolute atomic E-state index is 13.1. The number of anilines is 1. The number of nitrogens with one attached hydrogen (secondary N) is 2. The number of methoxy groups -OCH3 is 3. The molecule has 2 aliphatic heterocycles. The van der Waals surface area contributed by atoms with Gasteiger partial charge in [-0.1, -0.05) is 29.6 Å². The second kappa shape index (κ2) is 11.6. The summed E-state index contributed by atoms with van der Waals surface area (Å²) in [6.07, 6.45) is 4.63. The van der Waals surface area contributed by atoms with Crippen LogP contribution in [0.25, 0.3) is 0 Å². The number of hydrogen-bond donors (Lipinski definition) is 2. The summed E-state index contributed by atoms with van der Waals surface area (Å²) in [5.74, 6) is 0.978. The van der Waals surface area contributed by atoms with Crippen LogP contribution in [0.2, 0.25) is 10.0 Å². The van der Waals surface area contributed by atoms with E-state index in [-0.39, 0.29) is 36.5 Å². The first-order chi connectivity index (χ1) is 17.3. The first-order valence-electron chi connectivity index (χ1n) is 11.9. The van der Waals surface area contributed by atoms with Gasteiger partial charge in [-0.05, 0) is 56.0 Å². The fraction of sp³-hybridized carbons (Fsp3) is 0.462. The first-order valence-corrected chi connectivity index (χ1v) is 12.7. The quantitative estimate of drug-likeness (QED) is 0.505. The second-order valence-corrected chi connectivity index (χ2v) is 9.98. The molecular weight excluding hydrogens is 505 g/mol. The van der Waals surface area contributed by atoms with Crippen molar-refractivity contribution in [1.82, 2.24) is 10.2 Å². The molecule has 2 aliphatic rings. The van der Waals surface area contributed by atoms with Crippen LogP contribution in [-0.4, -0.2) is 62.7 Å². The number of carbonyl (C=O) groups excluding carboxylic acids is 2. The van der Waals surface area contributed by atoms with Crippen LogP contribution in [0, 0.1) is 0 Å². The highest BCUT2D eigenvalue weighted by atomic mass is 35.5. The van der Waals surface area contributed by atoms with Crippen molar-refractivity contribution in [3.8, 4) is 17.2 Å². The van der Waals surface area contributed by atoms with Gasteiger partial charge in [0.1, 0.15) is 0 Å². The van der Waals surface area contributed by atoms with Crippen molar-refractivity contribution in [3.63, 3.8) is 0 Å². The molecule has 2 amide bonds. The van der Waals surface area contributed by atoms with Crippen molar-refractivity contribution < 1.29 is 23.8 Å². The van der Waals surface area contributed by atoms with Crippen molar-refractivity contribution >= 4 is 40.7 Å². The number of piperidine rings is 2. The second-order valence-electron chi connectivity index (χ2n) is 9.14. The van der Waals surface area contributed by atoms with E-state index < -0.39 is 0 Å². The molecule has 10 heteroatoms. The van der Waals surface area contributed by atoms with Crippen molar-refractivity contribution in [2.75, 3.05) is 33.2 Å². The van der Waals surface area contributed by atoms with Gasteiger partial charge in [-0.25, -0.2) is 0 Å². The average Bonchev–Trinajstić information content (AvgIpc) is 2.85. The lowest BCUT2D eigenvalue weighted by Gasteiger charge is -2.48. The predicted molar refractivity (Wildman–Crippen MR) is 140 cm³/mol. The highest BCUT2D eigenvalue weighted by molar-refractivity contribution is 6.35. The van der Waals surface area contributed by atoms with Crippen molar-refractivity contribution in [1.29, 1.82) is 0 Å². The minimum absolute atomic E-state index is 0.00794. The molecule has 2 heterocycles. The zero-order valence-electron chi connectivity index (χ0n) is 20.6. The molecule has 0 saturated carbocycles. The summed E-state index contributed by atoms with van der Waals surface area (Å²) in [6.45, 7) is 0.270. The topological polar surface area (TPSA) is 89.1 Å². The molecule has 2 fully saturated rings. The maximum Gasteiger partial charge on any atom is 0.251 e. The number of nitrogens with zero attached hydrogens (tertiary/aromatic N) is 1. The Kier molecular flexibility index (Phi) is 8.49. The number of benzene rings is 2. The van der Waals surface area contributed by atoms with Gasteiger partial charge in [0.15, 0.2) is 11.5 Å². The Hall–Kier alpha value is -2.68. The summed E-state index contributed by atoms with van der Waals surface area (Å²) in [6, 6.07) is 8.72. The Balaban J connectivity index is 1.41.